The Morgan fingerprint density at radius 3 is 2.09 bits per heavy atom. The van der Waals surface area contributed by atoms with E-state index < -0.39 is 5.92 Å². The molecule has 1 aliphatic rings. The van der Waals surface area contributed by atoms with Crippen molar-refractivity contribution in [2.24, 2.45) is 0 Å². The molecule has 0 aliphatic carbocycles. The molecule has 0 bridgehead atoms. The van der Waals surface area contributed by atoms with Crippen LogP contribution in [-0.2, 0) is 14.3 Å². The van der Waals surface area contributed by atoms with Crippen LogP contribution < -0.4 is 10.6 Å². The minimum atomic E-state index is -0.572. The van der Waals surface area contributed by atoms with Crippen molar-refractivity contribution in [1.29, 1.82) is 0 Å². The number of morpholine rings is 1. The number of nitrogens with zero attached hydrogens (tertiary/aromatic N) is 1. The summed E-state index contributed by atoms with van der Waals surface area (Å²) in [6.07, 6.45) is 0.128. The van der Waals surface area contributed by atoms with Crippen molar-refractivity contribution in [2.45, 2.75) is 25.3 Å². The molecule has 2 atom stereocenters. The van der Waals surface area contributed by atoms with Gasteiger partial charge in [0.25, 0.3) is 0 Å². The van der Waals surface area contributed by atoms with Gasteiger partial charge in [-0.15, -0.1) is 0 Å². The van der Waals surface area contributed by atoms with E-state index in [9.17, 15) is 9.59 Å². The van der Waals surface area contributed by atoms with Crippen LogP contribution in [0.1, 0.15) is 35.1 Å². The predicted molar refractivity (Wildman–Crippen MR) is 138 cm³/mol. The van der Waals surface area contributed by atoms with E-state index in [1.807, 2.05) is 72.8 Å². The molecule has 1 fully saturated rings. The van der Waals surface area contributed by atoms with Crippen LogP contribution in [0.5, 0.6) is 0 Å². The predicted octanol–water partition coefficient (Wildman–Crippen LogP) is 4.30. The van der Waals surface area contributed by atoms with Gasteiger partial charge in [-0.2, -0.15) is 0 Å². The molecule has 6 heteroatoms. The number of carbonyl (C=O) groups excluding carboxylic acids is 2. The lowest BCUT2D eigenvalue weighted by molar-refractivity contribution is -0.138. The third-order valence-electron chi connectivity index (χ3n) is 6.34. The molecule has 2 amide bonds. The summed E-state index contributed by atoms with van der Waals surface area (Å²) in [5.74, 6) is -0.749. The molecule has 0 unspecified atom stereocenters. The molecule has 0 spiro atoms. The molecule has 3 aromatic rings. The third kappa shape index (κ3) is 6.93. The van der Waals surface area contributed by atoms with Crippen LogP contribution in [0.25, 0.3) is 0 Å². The molecule has 35 heavy (non-hydrogen) atoms. The van der Waals surface area contributed by atoms with Gasteiger partial charge >= 0.3 is 0 Å². The van der Waals surface area contributed by atoms with Crippen molar-refractivity contribution >= 4 is 17.5 Å². The summed E-state index contributed by atoms with van der Waals surface area (Å²) < 4.78 is 5.38. The molecule has 0 aromatic heterocycles. The van der Waals surface area contributed by atoms with Gasteiger partial charge in [0, 0.05) is 31.7 Å². The minimum Gasteiger partial charge on any atom is -0.383 e. The Labute approximate surface area is 207 Å². The highest BCUT2D eigenvalue weighted by molar-refractivity contribution is 5.90. The monoisotopic (exact) mass is 471 g/mol. The van der Waals surface area contributed by atoms with Gasteiger partial charge < -0.3 is 20.3 Å². The first-order valence-electron chi connectivity index (χ1n) is 12.2. The summed E-state index contributed by atoms with van der Waals surface area (Å²) in [4.78, 5) is 28.5. The Bertz CT molecular complexity index is 1080. The highest BCUT2D eigenvalue weighted by atomic mass is 16.5. The van der Waals surface area contributed by atoms with Crippen molar-refractivity contribution in [1.82, 2.24) is 10.2 Å². The molecule has 6 nitrogen and oxygen atoms in total. The summed E-state index contributed by atoms with van der Waals surface area (Å²) in [6.45, 7) is 4.78. The van der Waals surface area contributed by atoms with E-state index in [4.69, 9.17) is 4.74 Å². The zero-order valence-corrected chi connectivity index (χ0v) is 20.2. The van der Waals surface area contributed by atoms with Crippen LogP contribution in [0.3, 0.4) is 0 Å². The topological polar surface area (TPSA) is 70.7 Å². The summed E-state index contributed by atoms with van der Waals surface area (Å²) in [6, 6.07) is 27.4. The summed E-state index contributed by atoms with van der Waals surface area (Å²) >= 11 is 0. The maximum atomic E-state index is 13.7. The lowest BCUT2D eigenvalue weighted by Gasteiger charge is -2.29. The Balaban J connectivity index is 1.52. The van der Waals surface area contributed by atoms with Gasteiger partial charge in [-0.3, -0.25) is 9.59 Å². The van der Waals surface area contributed by atoms with E-state index in [1.165, 1.54) is 5.56 Å². The van der Waals surface area contributed by atoms with Crippen molar-refractivity contribution in [3.63, 3.8) is 0 Å². The van der Waals surface area contributed by atoms with Crippen LogP contribution in [-0.4, -0.2) is 49.6 Å². The zero-order valence-electron chi connectivity index (χ0n) is 20.2. The standard InChI is InChI=1S/C29H33N3O3/c1-22-12-14-25(15-13-22)30-21-27(24-10-6-3-7-11-24)31-29(34)26(23-8-4-2-5-9-23)20-28(33)32-16-18-35-19-17-32/h2-15,26-27,30H,16-21H2,1H3,(H,31,34)/t26-,27+/m0/s1. The first-order valence-corrected chi connectivity index (χ1v) is 12.2. The molecule has 1 aliphatic heterocycles. The van der Waals surface area contributed by atoms with E-state index >= 15 is 0 Å². The quantitative estimate of drug-likeness (QED) is 0.488. The van der Waals surface area contributed by atoms with Gasteiger partial charge in [0.1, 0.15) is 0 Å². The third-order valence-corrected chi connectivity index (χ3v) is 6.34. The maximum absolute atomic E-state index is 13.7. The van der Waals surface area contributed by atoms with E-state index in [0.717, 1.165) is 16.8 Å². The fraction of sp³-hybridized carbons (Fsp3) is 0.310. The number of anilines is 1. The largest absolute Gasteiger partial charge is 0.383 e. The van der Waals surface area contributed by atoms with Crippen LogP contribution in [0.2, 0.25) is 0 Å². The molecule has 1 saturated heterocycles. The van der Waals surface area contributed by atoms with Crippen molar-refractivity contribution in [3.8, 4) is 0 Å². The Morgan fingerprint density at radius 2 is 1.46 bits per heavy atom. The first kappa shape index (κ1) is 24.5. The fourth-order valence-corrected chi connectivity index (χ4v) is 4.26. The molecule has 3 aromatic carbocycles. The van der Waals surface area contributed by atoms with E-state index in [0.29, 0.717) is 32.8 Å². The van der Waals surface area contributed by atoms with Crippen LogP contribution in [0, 0.1) is 6.92 Å². The second kappa shape index (κ2) is 12.2. The van der Waals surface area contributed by atoms with Gasteiger partial charge in [-0.05, 0) is 30.2 Å². The normalized spacial score (nSPS) is 15.2. The van der Waals surface area contributed by atoms with Crippen LogP contribution in [0.4, 0.5) is 5.69 Å². The highest BCUT2D eigenvalue weighted by Gasteiger charge is 2.29. The van der Waals surface area contributed by atoms with Gasteiger partial charge in [-0.25, -0.2) is 0 Å². The highest BCUT2D eigenvalue weighted by Crippen LogP contribution is 2.24. The smallest absolute Gasteiger partial charge is 0.228 e. The van der Waals surface area contributed by atoms with Gasteiger partial charge in [0.2, 0.25) is 11.8 Å². The SMILES string of the molecule is Cc1ccc(NC[C@@H](NC(=O)[C@@H](CC(=O)N2CCOCC2)c2ccccc2)c2ccccc2)cc1. The molecule has 182 valence electrons. The summed E-state index contributed by atoms with van der Waals surface area (Å²) in [7, 11) is 0. The van der Waals surface area contributed by atoms with E-state index in [-0.39, 0.29) is 24.3 Å². The number of carbonyl (C=O) groups is 2. The van der Waals surface area contributed by atoms with E-state index in [1.54, 1.807) is 4.90 Å². The first-order chi connectivity index (χ1) is 17.1. The average Bonchev–Trinajstić information content (AvgIpc) is 2.91. The van der Waals surface area contributed by atoms with Crippen molar-refractivity contribution in [3.05, 3.63) is 102 Å². The maximum Gasteiger partial charge on any atom is 0.228 e. The Morgan fingerprint density at radius 1 is 0.857 bits per heavy atom. The minimum absolute atomic E-state index is 0.0219. The summed E-state index contributed by atoms with van der Waals surface area (Å²) in [5, 5.41) is 6.67. The van der Waals surface area contributed by atoms with Crippen LogP contribution in [0.15, 0.2) is 84.9 Å². The lowest BCUT2D eigenvalue weighted by Crippen LogP contribution is -2.43. The molecule has 4 rings (SSSR count). The Hall–Kier alpha value is -3.64. The van der Waals surface area contributed by atoms with Gasteiger partial charge in [0.15, 0.2) is 0 Å². The fourth-order valence-electron chi connectivity index (χ4n) is 4.26. The number of aryl methyl sites for hydroxylation is 1. The Kier molecular flexibility index (Phi) is 8.52. The average molecular weight is 472 g/mol. The second-order valence-corrected chi connectivity index (χ2v) is 8.88. The van der Waals surface area contributed by atoms with Crippen molar-refractivity contribution in [2.75, 3.05) is 38.2 Å². The van der Waals surface area contributed by atoms with Gasteiger partial charge in [0.05, 0.1) is 25.2 Å². The molecule has 2 N–H and O–H groups in total. The number of hydrogen-bond donors (Lipinski definition) is 2. The number of nitrogens with one attached hydrogen (secondary N) is 2. The number of ether oxygens (including phenoxy) is 1. The van der Waals surface area contributed by atoms with Gasteiger partial charge in [-0.1, -0.05) is 78.4 Å². The molecular formula is C29H33N3O3. The molecular weight excluding hydrogens is 438 g/mol. The van der Waals surface area contributed by atoms with Crippen LogP contribution >= 0.6 is 0 Å². The zero-order chi connectivity index (χ0) is 24.5. The van der Waals surface area contributed by atoms with E-state index in [2.05, 4.69) is 29.7 Å². The molecule has 1 heterocycles. The molecule has 0 radical (unpaired) electrons. The molecule has 0 saturated carbocycles. The number of rotatable bonds is 9. The lowest BCUT2D eigenvalue weighted by atomic mass is 9.93. The second-order valence-electron chi connectivity index (χ2n) is 8.88. The number of benzene rings is 3. The number of hydrogen-bond acceptors (Lipinski definition) is 4. The summed E-state index contributed by atoms with van der Waals surface area (Å²) in [5.41, 5.74) is 4.03. The van der Waals surface area contributed by atoms with Crippen molar-refractivity contribution < 1.29 is 14.3 Å². The number of amides is 2.